The molecule has 3 rings (SSSR count). The summed E-state index contributed by atoms with van der Waals surface area (Å²) < 4.78 is 5.32. The molecule has 1 aromatic carbocycles. The van der Waals surface area contributed by atoms with E-state index in [-0.39, 0.29) is 5.41 Å². The molecule has 0 radical (unpaired) electrons. The maximum atomic E-state index is 10.0. The molecule has 0 saturated carbocycles. The minimum absolute atomic E-state index is 0.193. The maximum absolute atomic E-state index is 10.0. The van der Waals surface area contributed by atoms with Gasteiger partial charge in [0, 0.05) is 38.1 Å². The molecule has 2 N–H and O–H groups in total. The molecule has 24 heavy (non-hydrogen) atoms. The number of hydrogen-bond acceptors (Lipinski definition) is 4. The highest BCUT2D eigenvalue weighted by atomic mass is 16.5. The Morgan fingerprint density at radius 1 is 1.25 bits per heavy atom. The summed E-state index contributed by atoms with van der Waals surface area (Å²) in [6, 6.07) is 7.54. The Hall–Kier alpha value is -1.95. The standard InChI is InChI=1S/C18H28N4O2/c1-3-19-17(20-12-18(2)13-24-14-18)22-10-8-21(9-11-22)15-6-4-5-7-16(15)23/h4-7,23H,3,8-14H2,1-2H3,(H,19,20). The van der Waals surface area contributed by atoms with Crippen molar-refractivity contribution in [3.63, 3.8) is 0 Å². The topological polar surface area (TPSA) is 60.3 Å². The highest BCUT2D eigenvalue weighted by molar-refractivity contribution is 5.80. The Morgan fingerprint density at radius 2 is 1.96 bits per heavy atom. The lowest BCUT2D eigenvalue weighted by Crippen LogP contribution is -2.53. The molecular weight excluding hydrogens is 304 g/mol. The molecule has 0 atom stereocenters. The molecule has 2 aliphatic heterocycles. The van der Waals surface area contributed by atoms with Gasteiger partial charge in [-0.15, -0.1) is 0 Å². The van der Waals surface area contributed by atoms with E-state index in [1.54, 1.807) is 6.07 Å². The second-order valence-corrected chi connectivity index (χ2v) is 6.94. The van der Waals surface area contributed by atoms with Gasteiger partial charge in [0.2, 0.25) is 0 Å². The molecule has 132 valence electrons. The van der Waals surface area contributed by atoms with E-state index in [1.165, 1.54) is 0 Å². The largest absolute Gasteiger partial charge is 0.506 e. The van der Waals surface area contributed by atoms with Crippen molar-refractivity contribution in [3.8, 4) is 5.75 Å². The van der Waals surface area contributed by atoms with Gasteiger partial charge >= 0.3 is 0 Å². The van der Waals surface area contributed by atoms with Crippen LogP contribution < -0.4 is 10.2 Å². The lowest BCUT2D eigenvalue weighted by molar-refractivity contribution is -0.0946. The second kappa shape index (κ2) is 7.30. The van der Waals surface area contributed by atoms with Gasteiger partial charge in [0.1, 0.15) is 5.75 Å². The highest BCUT2D eigenvalue weighted by Gasteiger charge is 2.33. The van der Waals surface area contributed by atoms with E-state index in [4.69, 9.17) is 9.73 Å². The van der Waals surface area contributed by atoms with Gasteiger partial charge in [-0.25, -0.2) is 0 Å². The molecule has 0 bridgehead atoms. The summed E-state index contributed by atoms with van der Waals surface area (Å²) in [4.78, 5) is 9.37. The first-order valence-electron chi connectivity index (χ1n) is 8.75. The van der Waals surface area contributed by atoms with Crippen LogP contribution in [0.15, 0.2) is 29.3 Å². The van der Waals surface area contributed by atoms with E-state index in [9.17, 15) is 5.11 Å². The van der Waals surface area contributed by atoms with E-state index in [2.05, 4.69) is 29.0 Å². The van der Waals surface area contributed by atoms with Crippen molar-refractivity contribution in [3.05, 3.63) is 24.3 Å². The third-order valence-corrected chi connectivity index (χ3v) is 4.65. The number of nitrogens with one attached hydrogen (secondary N) is 1. The van der Waals surface area contributed by atoms with Crippen LogP contribution in [-0.2, 0) is 4.74 Å². The average molecular weight is 332 g/mol. The number of rotatable bonds is 4. The molecule has 6 nitrogen and oxygen atoms in total. The van der Waals surface area contributed by atoms with Gasteiger partial charge < -0.3 is 25.0 Å². The first-order chi connectivity index (χ1) is 11.6. The Bertz CT molecular complexity index is 578. The first-order valence-corrected chi connectivity index (χ1v) is 8.75. The molecule has 0 unspecified atom stereocenters. The predicted octanol–water partition coefficient (Wildman–Crippen LogP) is 1.52. The lowest BCUT2D eigenvalue weighted by atomic mass is 9.89. The van der Waals surface area contributed by atoms with E-state index >= 15 is 0 Å². The van der Waals surface area contributed by atoms with Crippen molar-refractivity contribution >= 4 is 11.6 Å². The molecule has 2 aliphatic rings. The average Bonchev–Trinajstić information content (AvgIpc) is 2.58. The lowest BCUT2D eigenvalue weighted by Gasteiger charge is -2.39. The fraction of sp³-hybridized carbons (Fsp3) is 0.611. The Balaban J connectivity index is 1.60. The number of phenolic OH excluding ortho intramolecular Hbond substituents is 1. The number of aromatic hydroxyl groups is 1. The van der Waals surface area contributed by atoms with E-state index in [1.807, 2.05) is 18.2 Å². The summed E-state index contributed by atoms with van der Waals surface area (Å²) in [5.41, 5.74) is 1.11. The minimum atomic E-state index is 0.193. The predicted molar refractivity (Wildman–Crippen MR) is 96.8 cm³/mol. The monoisotopic (exact) mass is 332 g/mol. The van der Waals surface area contributed by atoms with Crippen molar-refractivity contribution in [2.24, 2.45) is 10.4 Å². The van der Waals surface area contributed by atoms with Gasteiger partial charge in [0.15, 0.2) is 5.96 Å². The van der Waals surface area contributed by atoms with Crippen LogP contribution in [0, 0.1) is 5.41 Å². The number of piperazine rings is 1. The number of hydrogen-bond donors (Lipinski definition) is 2. The number of guanidine groups is 1. The molecule has 0 aliphatic carbocycles. The van der Waals surface area contributed by atoms with Crippen LogP contribution in [0.3, 0.4) is 0 Å². The maximum Gasteiger partial charge on any atom is 0.194 e. The summed E-state index contributed by atoms with van der Waals surface area (Å²) >= 11 is 0. The minimum Gasteiger partial charge on any atom is -0.506 e. The van der Waals surface area contributed by atoms with Crippen LogP contribution in [0.4, 0.5) is 5.69 Å². The van der Waals surface area contributed by atoms with Crippen LogP contribution in [0.25, 0.3) is 0 Å². The fourth-order valence-electron chi connectivity index (χ4n) is 3.12. The van der Waals surface area contributed by atoms with Crippen LogP contribution in [-0.4, -0.2) is 68.4 Å². The zero-order chi connectivity index (χ0) is 17.0. The molecule has 0 aromatic heterocycles. The van der Waals surface area contributed by atoms with Gasteiger partial charge in [-0.2, -0.15) is 0 Å². The smallest absolute Gasteiger partial charge is 0.194 e. The number of anilines is 1. The van der Waals surface area contributed by atoms with Crippen LogP contribution in [0.5, 0.6) is 5.75 Å². The van der Waals surface area contributed by atoms with Crippen molar-refractivity contribution in [2.75, 3.05) is 57.4 Å². The summed E-state index contributed by atoms with van der Waals surface area (Å²) in [5.74, 6) is 1.34. The van der Waals surface area contributed by atoms with E-state index in [0.717, 1.165) is 64.1 Å². The number of benzene rings is 1. The number of phenols is 1. The van der Waals surface area contributed by atoms with Gasteiger partial charge in [0.05, 0.1) is 25.4 Å². The number of nitrogens with zero attached hydrogens (tertiary/aromatic N) is 3. The molecular formula is C18H28N4O2. The quantitative estimate of drug-likeness (QED) is 0.647. The van der Waals surface area contributed by atoms with Crippen molar-refractivity contribution in [1.82, 2.24) is 10.2 Å². The summed E-state index contributed by atoms with van der Waals surface area (Å²) in [6.07, 6.45) is 0. The van der Waals surface area contributed by atoms with Gasteiger partial charge in [0.25, 0.3) is 0 Å². The third kappa shape index (κ3) is 3.75. The van der Waals surface area contributed by atoms with Crippen molar-refractivity contribution in [2.45, 2.75) is 13.8 Å². The normalized spacial score (nSPS) is 20.7. The zero-order valence-corrected chi connectivity index (χ0v) is 14.7. The summed E-state index contributed by atoms with van der Waals surface area (Å²) in [7, 11) is 0. The van der Waals surface area contributed by atoms with Crippen LogP contribution in [0.1, 0.15) is 13.8 Å². The van der Waals surface area contributed by atoms with E-state index in [0.29, 0.717) is 5.75 Å². The SMILES string of the molecule is CCNC(=NCC1(C)COC1)N1CCN(c2ccccc2O)CC1. The Morgan fingerprint density at radius 3 is 2.54 bits per heavy atom. The summed E-state index contributed by atoms with van der Waals surface area (Å²) in [6.45, 7) is 11.1. The van der Waals surface area contributed by atoms with Crippen molar-refractivity contribution in [1.29, 1.82) is 0 Å². The fourth-order valence-corrected chi connectivity index (χ4v) is 3.12. The molecule has 0 spiro atoms. The molecule has 2 fully saturated rings. The van der Waals surface area contributed by atoms with Crippen LogP contribution in [0.2, 0.25) is 0 Å². The molecule has 0 amide bonds. The van der Waals surface area contributed by atoms with Gasteiger partial charge in [-0.1, -0.05) is 19.1 Å². The Labute approximate surface area is 144 Å². The van der Waals surface area contributed by atoms with E-state index < -0.39 is 0 Å². The first kappa shape index (κ1) is 16.9. The Kier molecular flexibility index (Phi) is 5.14. The van der Waals surface area contributed by atoms with Gasteiger partial charge in [-0.05, 0) is 19.1 Å². The molecule has 2 heterocycles. The number of ether oxygens (including phenoxy) is 1. The number of para-hydroxylation sites is 2. The zero-order valence-electron chi connectivity index (χ0n) is 14.7. The summed E-state index contributed by atoms with van der Waals surface area (Å²) in [5, 5.41) is 13.4. The molecule has 2 saturated heterocycles. The molecule has 6 heteroatoms. The number of aliphatic imine (C=N–C) groups is 1. The van der Waals surface area contributed by atoms with Crippen LogP contribution >= 0.6 is 0 Å². The third-order valence-electron chi connectivity index (χ3n) is 4.65. The second-order valence-electron chi connectivity index (χ2n) is 6.94. The molecule has 1 aromatic rings. The van der Waals surface area contributed by atoms with Crippen molar-refractivity contribution < 1.29 is 9.84 Å². The highest BCUT2D eigenvalue weighted by Crippen LogP contribution is 2.28. The van der Waals surface area contributed by atoms with Gasteiger partial charge in [-0.3, -0.25) is 4.99 Å².